The summed E-state index contributed by atoms with van der Waals surface area (Å²) in [5.74, 6) is -0.591. The van der Waals surface area contributed by atoms with Gasteiger partial charge in [0.25, 0.3) is 0 Å². The summed E-state index contributed by atoms with van der Waals surface area (Å²) in [6, 6.07) is 12.3. The molecule has 126 valence electrons. The lowest BCUT2D eigenvalue weighted by molar-refractivity contribution is -0.115. The van der Waals surface area contributed by atoms with Gasteiger partial charge in [-0.1, -0.05) is 23.7 Å². The number of esters is 1. The van der Waals surface area contributed by atoms with Gasteiger partial charge in [-0.25, -0.2) is 4.79 Å². The van der Waals surface area contributed by atoms with Crippen molar-refractivity contribution in [1.29, 1.82) is 0 Å². The zero-order valence-corrected chi connectivity index (χ0v) is 14.3. The zero-order chi connectivity index (χ0) is 17.5. The van der Waals surface area contributed by atoms with Crippen molar-refractivity contribution in [2.24, 2.45) is 0 Å². The molecular formula is C18H19ClN2O3. The first kappa shape index (κ1) is 17.8. The summed E-state index contributed by atoms with van der Waals surface area (Å²) in [4.78, 5) is 23.5. The Morgan fingerprint density at radius 2 is 1.92 bits per heavy atom. The van der Waals surface area contributed by atoms with Gasteiger partial charge in [0.05, 0.1) is 12.7 Å². The van der Waals surface area contributed by atoms with Crippen molar-refractivity contribution < 1.29 is 14.3 Å². The molecule has 0 aliphatic rings. The Labute approximate surface area is 146 Å². The summed E-state index contributed by atoms with van der Waals surface area (Å²) in [5.41, 5.74) is 2.82. The summed E-state index contributed by atoms with van der Waals surface area (Å²) >= 11 is 6.06. The number of hydrogen-bond donors (Lipinski definition) is 2. The molecule has 0 saturated carbocycles. The van der Waals surface area contributed by atoms with E-state index in [2.05, 4.69) is 15.4 Å². The van der Waals surface area contributed by atoms with Crippen LogP contribution in [-0.4, -0.2) is 25.5 Å². The molecule has 0 radical (unpaired) electrons. The summed E-state index contributed by atoms with van der Waals surface area (Å²) in [6.45, 7) is 2.41. The van der Waals surface area contributed by atoms with Gasteiger partial charge in [0.1, 0.15) is 0 Å². The molecule has 24 heavy (non-hydrogen) atoms. The number of carbonyl (C=O) groups is 2. The smallest absolute Gasteiger partial charge is 0.337 e. The number of nitrogens with one attached hydrogen (secondary N) is 2. The molecule has 6 heteroatoms. The van der Waals surface area contributed by atoms with Crippen LogP contribution in [0.2, 0.25) is 5.02 Å². The molecule has 2 aromatic carbocycles. The second-order valence-electron chi connectivity index (χ2n) is 5.26. The lowest BCUT2D eigenvalue weighted by Gasteiger charge is -2.09. The second kappa shape index (κ2) is 8.36. The van der Waals surface area contributed by atoms with Gasteiger partial charge in [0.15, 0.2) is 0 Å². The fourth-order valence-electron chi connectivity index (χ4n) is 2.09. The largest absolute Gasteiger partial charge is 0.465 e. The summed E-state index contributed by atoms with van der Waals surface area (Å²) in [5, 5.41) is 6.59. The van der Waals surface area contributed by atoms with Gasteiger partial charge in [-0.3, -0.25) is 4.79 Å². The maximum Gasteiger partial charge on any atom is 0.337 e. The van der Waals surface area contributed by atoms with E-state index in [1.807, 2.05) is 25.1 Å². The summed E-state index contributed by atoms with van der Waals surface area (Å²) < 4.78 is 4.66. The molecule has 0 heterocycles. The van der Waals surface area contributed by atoms with Gasteiger partial charge < -0.3 is 15.4 Å². The number of carbonyl (C=O) groups excluding carboxylic acids is 2. The van der Waals surface area contributed by atoms with E-state index >= 15 is 0 Å². The van der Waals surface area contributed by atoms with Crippen LogP contribution in [0.3, 0.4) is 0 Å². The molecule has 0 aliphatic carbocycles. The maximum absolute atomic E-state index is 12.0. The molecule has 0 aromatic heterocycles. The molecule has 1 amide bonds. The van der Waals surface area contributed by atoms with Crippen molar-refractivity contribution in [2.45, 2.75) is 13.3 Å². The van der Waals surface area contributed by atoms with Gasteiger partial charge in [-0.05, 0) is 42.8 Å². The van der Waals surface area contributed by atoms with E-state index in [1.54, 1.807) is 24.3 Å². The highest BCUT2D eigenvalue weighted by Crippen LogP contribution is 2.19. The predicted molar refractivity (Wildman–Crippen MR) is 95.7 cm³/mol. The van der Waals surface area contributed by atoms with Gasteiger partial charge in [-0.2, -0.15) is 0 Å². The SMILES string of the molecule is COC(=O)c1cccc(NC(=O)CCNc2ccc(C)c(Cl)c2)c1. The van der Waals surface area contributed by atoms with Crippen molar-refractivity contribution in [3.63, 3.8) is 0 Å². The number of amides is 1. The standard InChI is InChI=1S/C18H19ClN2O3/c1-12-6-7-14(11-16(12)19)20-9-8-17(22)21-15-5-3-4-13(10-15)18(23)24-2/h3-7,10-11,20H,8-9H2,1-2H3,(H,21,22). The molecular weight excluding hydrogens is 328 g/mol. The molecule has 0 saturated heterocycles. The van der Waals surface area contributed by atoms with Crippen LogP contribution in [0.15, 0.2) is 42.5 Å². The minimum absolute atomic E-state index is 0.150. The van der Waals surface area contributed by atoms with Crippen molar-refractivity contribution in [3.8, 4) is 0 Å². The zero-order valence-electron chi connectivity index (χ0n) is 13.6. The van der Waals surface area contributed by atoms with Gasteiger partial charge in [0, 0.05) is 29.4 Å². The van der Waals surface area contributed by atoms with Crippen LogP contribution in [0.1, 0.15) is 22.3 Å². The Morgan fingerprint density at radius 1 is 1.12 bits per heavy atom. The number of halogens is 1. The molecule has 2 rings (SSSR count). The van der Waals surface area contributed by atoms with Gasteiger partial charge in [0.2, 0.25) is 5.91 Å². The molecule has 5 nitrogen and oxygen atoms in total. The van der Waals surface area contributed by atoms with E-state index in [-0.39, 0.29) is 12.3 Å². The molecule has 0 bridgehead atoms. The number of ether oxygens (including phenoxy) is 1. The van der Waals surface area contributed by atoms with Crippen LogP contribution in [0.25, 0.3) is 0 Å². The van der Waals surface area contributed by atoms with E-state index in [1.165, 1.54) is 7.11 Å². The average Bonchev–Trinajstić information content (AvgIpc) is 2.57. The van der Waals surface area contributed by atoms with Crippen LogP contribution < -0.4 is 10.6 Å². The number of aryl methyl sites for hydroxylation is 1. The minimum atomic E-state index is -0.441. The number of methoxy groups -OCH3 is 1. The highest BCUT2D eigenvalue weighted by Gasteiger charge is 2.08. The van der Waals surface area contributed by atoms with Gasteiger partial charge >= 0.3 is 5.97 Å². The molecule has 0 unspecified atom stereocenters. The monoisotopic (exact) mass is 346 g/mol. The van der Waals surface area contributed by atoms with E-state index in [4.69, 9.17) is 11.6 Å². The third kappa shape index (κ3) is 4.99. The molecule has 0 spiro atoms. The Morgan fingerprint density at radius 3 is 2.62 bits per heavy atom. The normalized spacial score (nSPS) is 10.1. The van der Waals surface area contributed by atoms with E-state index < -0.39 is 5.97 Å². The number of hydrogen-bond acceptors (Lipinski definition) is 4. The molecule has 0 fully saturated rings. The lowest BCUT2D eigenvalue weighted by atomic mass is 10.2. The highest BCUT2D eigenvalue weighted by atomic mass is 35.5. The third-order valence-electron chi connectivity index (χ3n) is 3.42. The fraction of sp³-hybridized carbons (Fsp3) is 0.222. The van der Waals surface area contributed by atoms with Crippen LogP contribution >= 0.6 is 11.6 Å². The average molecular weight is 347 g/mol. The summed E-state index contributed by atoms with van der Waals surface area (Å²) in [6.07, 6.45) is 0.286. The van der Waals surface area contributed by atoms with Crippen molar-refractivity contribution >= 4 is 34.9 Å². The van der Waals surface area contributed by atoms with Crippen LogP contribution in [0.4, 0.5) is 11.4 Å². The van der Waals surface area contributed by atoms with Gasteiger partial charge in [-0.15, -0.1) is 0 Å². The van der Waals surface area contributed by atoms with Crippen LogP contribution in [-0.2, 0) is 9.53 Å². The third-order valence-corrected chi connectivity index (χ3v) is 3.83. The van der Waals surface area contributed by atoms with E-state index in [0.717, 1.165) is 11.3 Å². The van der Waals surface area contributed by atoms with E-state index in [0.29, 0.717) is 22.8 Å². The lowest BCUT2D eigenvalue weighted by Crippen LogP contribution is -2.16. The Hall–Kier alpha value is -2.53. The summed E-state index contributed by atoms with van der Waals surface area (Å²) in [7, 11) is 1.32. The van der Waals surface area contributed by atoms with E-state index in [9.17, 15) is 9.59 Å². The minimum Gasteiger partial charge on any atom is -0.465 e. The topological polar surface area (TPSA) is 67.4 Å². The Kier molecular flexibility index (Phi) is 6.21. The molecule has 2 N–H and O–H groups in total. The number of benzene rings is 2. The van der Waals surface area contributed by atoms with Crippen molar-refractivity contribution in [2.75, 3.05) is 24.3 Å². The maximum atomic E-state index is 12.0. The predicted octanol–water partition coefficient (Wildman–Crippen LogP) is 3.88. The first-order valence-electron chi connectivity index (χ1n) is 7.48. The first-order valence-corrected chi connectivity index (χ1v) is 7.85. The first-order chi connectivity index (χ1) is 11.5. The van der Waals surface area contributed by atoms with Crippen LogP contribution in [0.5, 0.6) is 0 Å². The molecule has 0 atom stereocenters. The second-order valence-corrected chi connectivity index (χ2v) is 5.67. The highest BCUT2D eigenvalue weighted by molar-refractivity contribution is 6.31. The Balaban J connectivity index is 1.85. The van der Waals surface area contributed by atoms with Crippen molar-refractivity contribution in [1.82, 2.24) is 0 Å². The quantitative estimate of drug-likeness (QED) is 0.779. The number of anilines is 2. The Bertz CT molecular complexity index is 747. The number of rotatable bonds is 6. The van der Waals surface area contributed by atoms with Crippen LogP contribution in [0, 0.1) is 6.92 Å². The fourth-order valence-corrected chi connectivity index (χ4v) is 2.27. The molecule has 0 aliphatic heterocycles. The molecule has 2 aromatic rings. The van der Waals surface area contributed by atoms with Crippen molar-refractivity contribution in [3.05, 3.63) is 58.6 Å².